The molecular formula is C24H22N4O2S. The largest absolute Gasteiger partial charge is 0.495 e. The highest BCUT2D eigenvalue weighted by Crippen LogP contribution is 2.29. The molecule has 0 saturated carbocycles. The van der Waals surface area contributed by atoms with Gasteiger partial charge in [-0.25, -0.2) is 0 Å². The van der Waals surface area contributed by atoms with Crippen LogP contribution in [0.1, 0.15) is 5.56 Å². The Morgan fingerprint density at radius 3 is 2.42 bits per heavy atom. The number of hydrogen-bond donors (Lipinski definition) is 1. The van der Waals surface area contributed by atoms with Crippen LogP contribution < -0.4 is 10.1 Å². The Bertz CT molecular complexity index is 1180. The molecule has 0 aliphatic heterocycles. The van der Waals surface area contributed by atoms with Crippen molar-refractivity contribution < 1.29 is 9.53 Å². The van der Waals surface area contributed by atoms with Crippen molar-refractivity contribution in [3.63, 3.8) is 0 Å². The first-order chi connectivity index (χ1) is 15.2. The second-order valence-corrected chi connectivity index (χ2v) is 7.83. The van der Waals surface area contributed by atoms with Crippen molar-refractivity contribution >= 4 is 23.4 Å². The van der Waals surface area contributed by atoms with Crippen LogP contribution in [0.3, 0.4) is 0 Å². The minimum atomic E-state index is -0.141. The molecule has 0 aliphatic rings. The average molecular weight is 431 g/mol. The van der Waals surface area contributed by atoms with Gasteiger partial charge in [0, 0.05) is 11.3 Å². The van der Waals surface area contributed by atoms with Crippen LogP contribution in [0.25, 0.3) is 17.1 Å². The third kappa shape index (κ3) is 4.78. The van der Waals surface area contributed by atoms with Gasteiger partial charge in [0.15, 0.2) is 11.0 Å². The van der Waals surface area contributed by atoms with Gasteiger partial charge in [0.25, 0.3) is 0 Å². The fourth-order valence-corrected chi connectivity index (χ4v) is 3.94. The van der Waals surface area contributed by atoms with Crippen LogP contribution in [0, 0.1) is 6.92 Å². The van der Waals surface area contributed by atoms with E-state index in [0.717, 1.165) is 22.6 Å². The van der Waals surface area contributed by atoms with Gasteiger partial charge in [-0.05, 0) is 36.8 Å². The van der Waals surface area contributed by atoms with Crippen molar-refractivity contribution in [3.8, 4) is 22.8 Å². The molecule has 156 valence electrons. The summed E-state index contributed by atoms with van der Waals surface area (Å²) in [5, 5.41) is 12.3. The molecule has 1 amide bonds. The van der Waals surface area contributed by atoms with Gasteiger partial charge in [0.1, 0.15) is 5.75 Å². The molecule has 0 atom stereocenters. The van der Waals surface area contributed by atoms with Gasteiger partial charge in [-0.15, -0.1) is 10.2 Å². The Labute approximate surface area is 185 Å². The summed E-state index contributed by atoms with van der Waals surface area (Å²) in [5.41, 5.74) is 3.59. The molecule has 0 unspecified atom stereocenters. The van der Waals surface area contributed by atoms with Crippen LogP contribution in [0.5, 0.6) is 5.75 Å². The first-order valence-corrected chi connectivity index (χ1v) is 10.8. The summed E-state index contributed by atoms with van der Waals surface area (Å²) in [6, 6.07) is 25.5. The zero-order valence-corrected chi connectivity index (χ0v) is 18.1. The maximum absolute atomic E-state index is 12.6. The number of anilines is 1. The van der Waals surface area contributed by atoms with E-state index in [1.54, 1.807) is 7.11 Å². The highest BCUT2D eigenvalue weighted by Gasteiger charge is 2.17. The van der Waals surface area contributed by atoms with Gasteiger partial charge in [0.05, 0.1) is 18.6 Å². The van der Waals surface area contributed by atoms with Gasteiger partial charge < -0.3 is 10.1 Å². The minimum Gasteiger partial charge on any atom is -0.495 e. The topological polar surface area (TPSA) is 69.0 Å². The zero-order valence-electron chi connectivity index (χ0n) is 17.3. The summed E-state index contributed by atoms with van der Waals surface area (Å²) >= 11 is 1.34. The predicted octanol–water partition coefficient (Wildman–Crippen LogP) is 4.98. The zero-order chi connectivity index (χ0) is 21.6. The Kier molecular flexibility index (Phi) is 6.33. The van der Waals surface area contributed by atoms with Crippen molar-refractivity contribution in [1.82, 2.24) is 14.8 Å². The van der Waals surface area contributed by atoms with Gasteiger partial charge in [-0.2, -0.15) is 0 Å². The summed E-state index contributed by atoms with van der Waals surface area (Å²) in [6.45, 7) is 1.97. The van der Waals surface area contributed by atoms with E-state index in [9.17, 15) is 4.79 Å². The molecule has 4 aromatic rings. The first kappa shape index (κ1) is 20.7. The molecule has 1 heterocycles. The summed E-state index contributed by atoms with van der Waals surface area (Å²) in [4.78, 5) is 12.6. The number of rotatable bonds is 7. The van der Waals surface area contributed by atoms with E-state index in [0.29, 0.717) is 16.6 Å². The normalized spacial score (nSPS) is 10.6. The standard InChI is InChI=1S/C24H22N4O2S/c1-17-13-14-21(30-2)20(15-17)25-22(29)16-31-24-27-26-23(18-9-5-3-6-10-18)28(24)19-11-7-4-8-12-19/h3-15H,16H2,1-2H3,(H,25,29). The molecule has 0 aliphatic carbocycles. The Balaban J connectivity index is 1.57. The van der Waals surface area contributed by atoms with E-state index >= 15 is 0 Å². The Morgan fingerprint density at radius 2 is 1.71 bits per heavy atom. The monoisotopic (exact) mass is 430 g/mol. The molecule has 4 rings (SSSR count). The van der Waals surface area contributed by atoms with Gasteiger partial charge in [0.2, 0.25) is 5.91 Å². The first-order valence-electron chi connectivity index (χ1n) is 9.79. The molecule has 1 aromatic heterocycles. The maximum Gasteiger partial charge on any atom is 0.234 e. The van der Waals surface area contributed by atoms with Crippen LogP contribution in [0.4, 0.5) is 5.69 Å². The highest BCUT2D eigenvalue weighted by atomic mass is 32.2. The third-order valence-electron chi connectivity index (χ3n) is 4.64. The number of ether oxygens (including phenoxy) is 1. The number of aryl methyl sites for hydroxylation is 1. The number of methoxy groups -OCH3 is 1. The predicted molar refractivity (Wildman–Crippen MR) is 124 cm³/mol. The highest BCUT2D eigenvalue weighted by molar-refractivity contribution is 7.99. The van der Waals surface area contributed by atoms with Crippen LogP contribution in [-0.4, -0.2) is 33.5 Å². The number of para-hydroxylation sites is 1. The molecule has 0 spiro atoms. The number of nitrogens with zero attached hydrogens (tertiary/aromatic N) is 3. The van der Waals surface area contributed by atoms with Crippen molar-refractivity contribution in [2.45, 2.75) is 12.1 Å². The Hall–Kier alpha value is -3.58. The lowest BCUT2D eigenvalue weighted by atomic mass is 10.2. The number of nitrogens with one attached hydrogen (secondary N) is 1. The third-order valence-corrected chi connectivity index (χ3v) is 5.57. The van der Waals surface area contributed by atoms with Crippen molar-refractivity contribution in [1.29, 1.82) is 0 Å². The van der Waals surface area contributed by atoms with E-state index in [2.05, 4.69) is 15.5 Å². The van der Waals surface area contributed by atoms with Crippen LogP contribution in [0.15, 0.2) is 84.0 Å². The second-order valence-electron chi connectivity index (χ2n) is 6.88. The number of aromatic nitrogens is 3. The Morgan fingerprint density at radius 1 is 1.00 bits per heavy atom. The van der Waals surface area contributed by atoms with Gasteiger partial charge in [-0.3, -0.25) is 9.36 Å². The number of amides is 1. The van der Waals surface area contributed by atoms with Gasteiger partial charge in [-0.1, -0.05) is 66.4 Å². The summed E-state index contributed by atoms with van der Waals surface area (Å²) in [6.07, 6.45) is 0. The fraction of sp³-hybridized carbons (Fsp3) is 0.125. The quantitative estimate of drug-likeness (QED) is 0.419. The molecule has 0 fully saturated rings. The number of carbonyl (C=O) groups is 1. The number of thioether (sulfide) groups is 1. The summed E-state index contributed by atoms with van der Waals surface area (Å²) in [5.74, 6) is 1.41. The SMILES string of the molecule is COc1ccc(C)cc1NC(=O)CSc1nnc(-c2ccccc2)n1-c1ccccc1. The van der Waals surface area contributed by atoms with Crippen molar-refractivity contribution in [2.24, 2.45) is 0 Å². The average Bonchev–Trinajstić information content (AvgIpc) is 3.23. The minimum absolute atomic E-state index is 0.141. The smallest absolute Gasteiger partial charge is 0.234 e. The van der Waals surface area contributed by atoms with E-state index in [4.69, 9.17) is 4.74 Å². The fourth-order valence-electron chi connectivity index (χ4n) is 3.18. The number of benzene rings is 3. The molecule has 1 N–H and O–H groups in total. The molecular weight excluding hydrogens is 408 g/mol. The molecule has 0 saturated heterocycles. The lowest BCUT2D eigenvalue weighted by Crippen LogP contribution is -2.15. The van der Waals surface area contributed by atoms with E-state index in [1.807, 2.05) is 90.4 Å². The van der Waals surface area contributed by atoms with Crippen molar-refractivity contribution in [3.05, 3.63) is 84.4 Å². The lowest BCUT2D eigenvalue weighted by Gasteiger charge is -2.12. The summed E-state index contributed by atoms with van der Waals surface area (Å²) in [7, 11) is 1.59. The van der Waals surface area contributed by atoms with Crippen LogP contribution in [0.2, 0.25) is 0 Å². The molecule has 31 heavy (non-hydrogen) atoms. The number of hydrogen-bond acceptors (Lipinski definition) is 5. The molecule has 0 bridgehead atoms. The maximum atomic E-state index is 12.6. The van der Waals surface area contributed by atoms with Crippen LogP contribution >= 0.6 is 11.8 Å². The van der Waals surface area contributed by atoms with E-state index in [-0.39, 0.29) is 11.7 Å². The molecule has 0 radical (unpaired) electrons. The molecule has 3 aromatic carbocycles. The lowest BCUT2D eigenvalue weighted by molar-refractivity contribution is -0.113. The second kappa shape index (κ2) is 9.49. The summed E-state index contributed by atoms with van der Waals surface area (Å²) < 4.78 is 7.32. The molecule has 7 heteroatoms. The molecule has 6 nitrogen and oxygen atoms in total. The van der Waals surface area contributed by atoms with E-state index < -0.39 is 0 Å². The van der Waals surface area contributed by atoms with Gasteiger partial charge >= 0.3 is 0 Å². The van der Waals surface area contributed by atoms with Crippen molar-refractivity contribution in [2.75, 3.05) is 18.2 Å². The van der Waals surface area contributed by atoms with E-state index in [1.165, 1.54) is 11.8 Å². The van der Waals surface area contributed by atoms with Crippen LogP contribution in [-0.2, 0) is 4.79 Å². The number of carbonyl (C=O) groups excluding carboxylic acids is 1.